The summed E-state index contributed by atoms with van der Waals surface area (Å²) in [7, 11) is -3.59. The highest BCUT2D eigenvalue weighted by atomic mass is 35.5. The second-order valence-electron chi connectivity index (χ2n) is 5.37. The maximum Gasteiger partial charge on any atom is 0.240 e. The zero-order valence-electron chi connectivity index (χ0n) is 10.9. The van der Waals surface area contributed by atoms with E-state index in [1.807, 2.05) is 0 Å². The predicted octanol–water partition coefficient (Wildman–Crippen LogP) is 1.77. The number of nitrogen functional groups attached to an aromatic ring is 1. The molecule has 110 valence electrons. The number of halogens is 1. The molecule has 5 nitrogen and oxygen atoms in total. The first-order valence-electron chi connectivity index (χ1n) is 6.66. The monoisotopic (exact) mass is 316 g/mol. The van der Waals surface area contributed by atoms with Crippen LogP contribution >= 0.6 is 11.6 Å². The molecule has 0 aromatic heterocycles. The fourth-order valence-corrected chi connectivity index (χ4v) is 4.02. The van der Waals surface area contributed by atoms with E-state index in [0.717, 1.165) is 12.8 Å². The van der Waals surface area contributed by atoms with Crippen LogP contribution in [0.4, 0.5) is 5.69 Å². The lowest BCUT2D eigenvalue weighted by atomic mass is 10.1. The number of sulfonamides is 1. The van der Waals surface area contributed by atoms with Crippen molar-refractivity contribution in [1.29, 1.82) is 0 Å². The molecule has 2 aliphatic rings. The molecule has 1 saturated carbocycles. The van der Waals surface area contributed by atoms with Crippen molar-refractivity contribution in [2.45, 2.75) is 36.3 Å². The van der Waals surface area contributed by atoms with Crippen LogP contribution in [0.2, 0.25) is 5.02 Å². The molecule has 7 heteroatoms. The second kappa shape index (κ2) is 5.18. The Morgan fingerprint density at radius 2 is 2.05 bits per heavy atom. The highest BCUT2D eigenvalue weighted by molar-refractivity contribution is 7.89. The third-order valence-electron chi connectivity index (χ3n) is 3.81. The standard InChI is InChI=1S/C13H17ClN2O3S/c14-10-4-3-9(7-11(10)15)20(17,18)16-12-5-6-19-13(12)8-1-2-8/h3-4,7-8,12-13,16H,1-2,5-6,15H2. The van der Waals surface area contributed by atoms with Crippen LogP contribution in [0.25, 0.3) is 0 Å². The molecule has 3 rings (SSSR count). The fourth-order valence-electron chi connectivity index (χ4n) is 2.58. The maximum atomic E-state index is 12.4. The largest absolute Gasteiger partial charge is 0.397 e. The van der Waals surface area contributed by atoms with Crippen LogP contribution in [0.1, 0.15) is 19.3 Å². The molecular formula is C13H17ClN2O3S. The molecule has 2 unspecified atom stereocenters. The highest BCUT2D eigenvalue weighted by Gasteiger charge is 2.42. The van der Waals surface area contributed by atoms with Gasteiger partial charge in [-0.3, -0.25) is 0 Å². The molecule has 2 fully saturated rings. The number of nitrogens with one attached hydrogen (secondary N) is 1. The number of hydrogen-bond donors (Lipinski definition) is 2. The van der Waals surface area contributed by atoms with Gasteiger partial charge in [0, 0.05) is 6.61 Å². The molecule has 0 radical (unpaired) electrons. The Kier molecular flexibility index (Phi) is 3.66. The van der Waals surface area contributed by atoms with E-state index in [4.69, 9.17) is 22.1 Å². The van der Waals surface area contributed by atoms with Gasteiger partial charge in [-0.25, -0.2) is 13.1 Å². The summed E-state index contributed by atoms with van der Waals surface area (Å²) in [4.78, 5) is 0.140. The Bertz CT molecular complexity index is 616. The lowest BCUT2D eigenvalue weighted by molar-refractivity contribution is 0.0848. The van der Waals surface area contributed by atoms with Crippen molar-refractivity contribution in [1.82, 2.24) is 4.72 Å². The maximum absolute atomic E-state index is 12.4. The average molecular weight is 317 g/mol. The van der Waals surface area contributed by atoms with Crippen molar-refractivity contribution >= 4 is 27.3 Å². The van der Waals surface area contributed by atoms with Crippen molar-refractivity contribution in [3.8, 4) is 0 Å². The molecule has 1 aliphatic carbocycles. The number of anilines is 1. The Morgan fingerprint density at radius 3 is 2.70 bits per heavy atom. The summed E-state index contributed by atoms with van der Waals surface area (Å²) < 4.78 is 33.1. The first-order valence-corrected chi connectivity index (χ1v) is 8.52. The highest BCUT2D eigenvalue weighted by Crippen LogP contribution is 2.39. The average Bonchev–Trinajstić information content (AvgIpc) is 3.14. The smallest absolute Gasteiger partial charge is 0.240 e. The first-order chi connectivity index (χ1) is 9.47. The predicted molar refractivity (Wildman–Crippen MR) is 77.1 cm³/mol. The molecular weight excluding hydrogens is 300 g/mol. The summed E-state index contributed by atoms with van der Waals surface area (Å²) in [6.07, 6.45) is 2.96. The summed E-state index contributed by atoms with van der Waals surface area (Å²) in [5, 5.41) is 0.351. The van der Waals surface area contributed by atoms with Crippen molar-refractivity contribution in [3.05, 3.63) is 23.2 Å². The van der Waals surface area contributed by atoms with Gasteiger partial charge in [0.1, 0.15) is 0 Å². The normalized spacial score (nSPS) is 26.9. The molecule has 0 spiro atoms. The summed E-state index contributed by atoms with van der Waals surface area (Å²) in [6.45, 7) is 0.608. The summed E-state index contributed by atoms with van der Waals surface area (Å²) in [5.41, 5.74) is 5.92. The van der Waals surface area contributed by atoms with Crippen LogP contribution in [0, 0.1) is 5.92 Å². The van der Waals surface area contributed by atoms with Gasteiger partial charge < -0.3 is 10.5 Å². The Morgan fingerprint density at radius 1 is 1.30 bits per heavy atom. The van der Waals surface area contributed by atoms with Crippen molar-refractivity contribution in [3.63, 3.8) is 0 Å². The van der Waals surface area contributed by atoms with Crippen LogP contribution in [0.15, 0.2) is 23.1 Å². The number of hydrogen-bond acceptors (Lipinski definition) is 4. The van der Waals surface area contributed by atoms with Gasteiger partial charge >= 0.3 is 0 Å². The van der Waals surface area contributed by atoms with E-state index in [9.17, 15) is 8.42 Å². The van der Waals surface area contributed by atoms with Crippen LogP contribution in [-0.4, -0.2) is 27.2 Å². The van der Waals surface area contributed by atoms with E-state index in [0.29, 0.717) is 24.0 Å². The Balaban J connectivity index is 1.79. The van der Waals surface area contributed by atoms with Crippen LogP contribution in [-0.2, 0) is 14.8 Å². The minimum Gasteiger partial charge on any atom is -0.397 e. The van der Waals surface area contributed by atoms with E-state index in [-0.39, 0.29) is 22.7 Å². The van der Waals surface area contributed by atoms with Gasteiger partial charge in [-0.15, -0.1) is 0 Å². The van der Waals surface area contributed by atoms with E-state index in [1.165, 1.54) is 18.2 Å². The van der Waals surface area contributed by atoms with E-state index >= 15 is 0 Å². The third-order valence-corrected chi connectivity index (χ3v) is 5.64. The number of nitrogens with two attached hydrogens (primary N) is 1. The molecule has 1 heterocycles. The zero-order valence-corrected chi connectivity index (χ0v) is 12.5. The number of rotatable bonds is 4. The molecule has 1 aromatic carbocycles. The minimum absolute atomic E-state index is 0.00872. The molecule has 0 bridgehead atoms. The molecule has 1 aromatic rings. The number of ether oxygens (including phenoxy) is 1. The lowest BCUT2D eigenvalue weighted by Crippen LogP contribution is -2.41. The summed E-state index contributed by atoms with van der Waals surface area (Å²) in [5.74, 6) is 0.500. The molecule has 0 amide bonds. The van der Waals surface area contributed by atoms with E-state index in [2.05, 4.69) is 4.72 Å². The summed E-state index contributed by atoms with van der Waals surface area (Å²) >= 11 is 5.81. The van der Waals surface area contributed by atoms with Gasteiger partial charge in [0.2, 0.25) is 10.0 Å². The van der Waals surface area contributed by atoms with Crippen molar-refractivity contribution in [2.24, 2.45) is 5.92 Å². The molecule has 1 aliphatic heterocycles. The molecule has 2 atom stereocenters. The van der Waals surface area contributed by atoms with Gasteiger partial charge in [-0.05, 0) is 43.4 Å². The van der Waals surface area contributed by atoms with E-state index < -0.39 is 10.0 Å². The van der Waals surface area contributed by atoms with Gasteiger partial charge in [-0.1, -0.05) is 11.6 Å². The second-order valence-corrected chi connectivity index (χ2v) is 7.49. The first kappa shape index (κ1) is 14.1. The van der Waals surface area contributed by atoms with E-state index in [1.54, 1.807) is 0 Å². The van der Waals surface area contributed by atoms with Crippen molar-refractivity contribution in [2.75, 3.05) is 12.3 Å². The van der Waals surface area contributed by atoms with Gasteiger partial charge in [-0.2, -0.15) is 0 Å². The summed E-state index contributed by atoms with van der Waals surface area (Å²) in [6, 6.07) is 4.19. The van der Waals surface area contributed by atoms with Crippen molar-refractivity contribution < 1.29 is 13.2 Å². The topological polar surface area (TPSA) is 81.4 Å². The lowest BCUT2D eigenvalue weighted by Gasteiger charge is -2.19. The SMILES string of the molecule is Nc1cc(S(=O)(=O)NC2CCOC2C2CC2)ccc1Cl. The van der Waals surface area contributed by atoms with Crippen LogP contribution < -0.4 is 10.5 Å². The third kappa shape index (κ3) is 2.79. The fraction of sp³-hybridized carbons (Fsp3) is 0.538. The number of benzene rings is 1. The van der Waals surface area contributed by atoms with Gasteiger partial charge in [0.05, 0.1) is 27.8 Å². The van der Waals surface area contributed by atoms with Crippen LogP contribution in [0.3, 0.4) is 0 Å². The van der Waals surface area contributed by atoms with Gasteiger partial charge in [0.25, 0.3) is 0 Å². The Hall–Kier alpha value is -0.820. The quantitative estimate of drug-likeness (QED) is 0.829. The zero-order chi connectivity index (χ0) is 14.3. The van der Waals surface area contributed by atoms with Gasteiger partial charge in [0.15, 0.2) is 0 Å². The van der Waals surface area contributed by atoms with Crippen LogP contribution in [0.5, 0.6) is 0 Å². The minimum atomic E-state index is -3.59. The molecule has 3 N–H and O–H groups in total. The molecule has 1 saturated heterocycles. The molecule has 20 heavy (non-hydrogen) atoms. The Labute approximate surface area is 123 Å².